The number of hydrogen-bond donors (Lipinski definition) is 1. The van der Waals surface area contributed by atoms with Crippen LogP contribution in [0.15, 0.2) is 30.3 Å². The van der Waals surface area contributed by atoms with Crippen LogP contribution in [0.4, 0.5) is 0 Å². The smallest absolute Gasteiger partial charge is 0.251 e. The summed E-state index contributed by atoms with van der Waals surface area (Å²) in [6.45, 7) is 6.39. The van der Waals surface area contributed by atoms with Gasteiger partial charge in [-0.25, -0.2) is 0 Å². The number of hydrogen-bond acceptors (Lipinski definition) is 4. The quantitative estimate of drug-likeness (QED) is 0.746. The number of piperazine rings is 1. The van der Waals surface area contributed by atoms with Crippen molar-refractivity contribution in [1.82, 2.24) is 20.0 Å². The van der Waals surface area contributed by atoms with E-state index >= 15 is 0 Å². The van der Waals surface area contributed by atoms with Crippen molar-refractivity contribution in [1.29, 1.82) is 0 Å². The van der Waals surface area contributed by atoms with E-state index in [1.54, 1.807) is 31.3 Å². The van der Waals surface area contributed by atoms with Crippen LogP contribution in [0.3, 0.4) is 0 Å². The zero-order chi connectivity index (χ0) is 21.5. The number of rotatable bonds is 5. The topological polar surface area (TPSA) is 73.0 Å². The highest BCUT2D eigenvalue weighted by Gasteiger charge is 2.30. The number of carbonyl (C=O) groups is 3. The van der Waals surface area contributed by atoms with Crippen LogP contribution in [0.2, 0.25) is 0 Å². The molecule has 2 heterocycles. The van der Waals surface area contributed by atoms with Crippen molar-refractivity contribution in [3.05, 3.63) is 41.5 Å². The molecule has 1 N–H and O–H groups in total. The summed E-state index contributed by atoms with van der Waals surface area (Å²) >= 11 is 0. The maximum atomic E-state index is 12.7. The van der Waals surface area contributed by atoms with Gasteiger partial charge in [-0.15, -0.1) is 0 Å². The van der Waals surface area contributed by atoms with Gasteiger partial charge in [-0.1, -0.05) is 12.1 Å². The fourth-order valence-corrected chi connectivity index (χ4v) is 4.03. The molecule has 1 aromatic rings. The lowest BCUT2D eigenvalue weighted by Gasteiger charge is -2.39. The number of benzene rings is 1. The molecule has 2 aliphatic heterocycles. The molecule has 1 unspecified atom stereocenters. The molecule has 0 aliphatic carbocycles. The van der Waals surface area contributed by atoms with Gasteiger partial charge in [0.05, 0.1) is 6.04 Å². The molecule has 0 bridgehead atoms. The molecule has 3 amide bonds. The van der Waals surface area contributed by atoms with Gasteiger partial charge < -0.3 is 15.1 Å². The fourth-order valence-electron chi connectivity index (χ4n) is 4.03. The lowest BCUT2D eigenvalue weighted by Crippen LogP contribution is -2.55. The first-order valence-electron chi connectivity index (χ1n) is 10.8. The minimum Gasteiger partial charge on any atom is -0.355 e. The number of nitrogens with zero attached hydrogens (tertiary/aromatic N) is 3. The standard InChI is InChI=1S/C23H32N4O3/c1-18(23(30)27-12-4-3-5-13-27)25-14-16-26(17-15-25)21(28)11-8-19-6-9-20(10-7-19)22(29)24-2/h6-11,18H,3-5,12-17H2,1-2H3,(H,24,29)/b11-8+. The summed E-state index contributed by atoms with van der Waals surface area (Å²) in [5, 5.41) is 2.59. The highest BCUT2D eigenvalue weighted by atomic mass is 16.2. The van der Waals surface area contributed by atoms with Crippen LogP contribution in [-0.2, 0) is 9.59 Å². The second-order valence-corrected chi connectivity index (χ2v) is 7.96. The molecule has 0 aromatic heterocycles. The van der Waals surface area contributed by atoms with Crippen molar-refractivity contribution in [2.24, 2.45) is 0 Å². The second kappa shape index (κ2) is 10.4. The Balaban J connectivity index is 1.48. The van der Waals surface area contributed by atoms with Gasteiger partial charge in [-0.2, -0.15) is 0 Å². The number of carbonyl (C=O) groups excluding carboxylic acids is 3. The predicted molar refractivity (Wildman–Crippen MR) is 117 cm³/mol. The number of piperidine rings is 1. The van der Waals surface area contributed by atoms with Crippen molar-refractivity contribution in [3.8, 4) is 0 Å². The van der Waals surface area contributed by atoms with E-state index in [2.05, 4.69) is 10.2 Å². The Bertz CT molecular complexity index is 776. The third kappa shape index (κ3) is 5.48. The number of amides is 3. The van der Waals surface area contributed by atoms with E-state index in [9.17, 15) is 14.4 Å². The molecule has 0 radical (unpaired) electrons. The van der Waals surface area contributed by atoms with Crippen LogP contribution in [0, 0.1) is 0 Å². The van der Waals surface area contributed by atoms with Crippen LogP contribution < -0.4 is 5.32 Å². The molecule has 0 saturated carbocycles. The Morgan fingerprint density at radius 3 is 2.13 bits per heavy atom. The minimum atomic E-state index is -0.132. The highest BCUT2D eigenvalue weighted by Crippen LogP contribution is 2.14. The minimum absolute atomic E-state index is 0.0277. The Kier molecular flexibility index (Phi) is 7.63. The molecule has 0 spiro atoms. The van der Waals surface area contributed by atoms with E-state index in [0.717, 1.165) is 31.5 Å². The third-order valence-corrected chi connectivity index (χ3v) is 6.02. The van der Waals surface area contributed by atoms with Gasteiger partial charge >= 0.3 is 0 Å². The second-order valence-electron chi connectivity index (χ2n) is 7.96. The SMILES string of the molecule is CNC(=O)c1ccc(/C=C/C(=O)N2CCN(C(C)C(=O)N3CCCCC3)CC2)cc1. The molecule has 30 heavy (non-hydrogen) atoms. The molecule has 7 heteroatoms. The van der Waals surface area contributed by atoms with Gasteiger partial charge in [0.2, 0.25) is 11.8 Å². The summed E-state index contributed by atoms with van der Waals surface area (Å²) in [5.74, 6) is 0.0575. The average Bonchev–Trinajstić information content (AvgIpc) is 2.82. The van der Waals surface area contributed by atoms with E-state index in [1.807, 2.05) is 28.9 Å². The Hall–Kier alpha value is -2.67. The predicted octanol–water partition coefficient (Wildman–Crippen LogP) is 1.60. The van der Waals surface area contributed by atoms with Crippen molar-refractivity contribution in [2.45, 2.75) is 32.2 Å². The molecular weight excluding hydrogens is 380 g/mol. The molecular formula is C23H32N4O3. The van der Waals surface area contributed by atoms with Gasteiger partial charge in [0.15, 0.2) is 0 Å². The van der Waals surface area contributed by atoms with Crippen molar-refractivity contribution in [3.63, 3.8) is 0 Å². The average molecular weight is 413 g/mol. The molecule has 3 rings (SSSR count). The zero-order valence-corrected chi connectivity index (χ0v) is 18.0. The third-order valence-electron chi connectivity index (χ3n) is 6.02. The number of nitrogens with one attached hydrogen (secondary N) is 1. The first-order valence-corrected chi connectivity index (χ1v) is 10.8. The normalized spacial score (nSPS) is 19.0. The van der Waals surface area contributed by atoms with Crippen LogP contribution in [0.25, 0.3) is 6.08 Å². The maximum Gasteiger partial charge on any atom is 0.251 e. The van der Waals surface area contributed by atoms with Gasteiger partial charge in [-0.05, 0) is 50.0 Å². The van der Waals surface area contributed by atoms with Crippen LogP contribution >= 0.6 is 0 Å². The Labute approximate surface area is 178 Å². The lowest BCUT2D eigenvalue weighted by atomic mass is 10.1. The maximum absolute atomic E-state index is 12.7. The number of likely N-dealkylation sites (tertiary alicyclic amines) is 1. The Morgan fingerprint density at radius 2 is 1.53 bits per heavy atom. The van der Waals surface area contributed by atoms with Gasteiger partial charge in [-0.3, -0.25) is 19.3 Å². The van der Waals surface area contributed by atoms with Crippen molar-refractivity contribution >= 4 is 23.8 Å². The van der Waals surface area contributed by atoms with E-state index < -0.39 is 0 Å². The largest absolute Gasteiger partial charge is 0.355 e. The highest BCUT2D eigenvalue weighted by molar-refractivity contribution is 5.95. The van der Waals surface area contributed by atoms with E-state index in [4.69, 9.17) is 0 Å². The van der Waals surface area contributed by atoms with Crippen molar-refractivity contribution in [2.75, 3.05) is 46.3 Å². The summed E-state index contributed by atoms with van der Waals surface area (Å²) in [6, 6.07) is 6.99. The molecule has 7 nitrogen and oxygen atoms in total. The van der Waals surface area contributed by atoms with E-state index in [0.29, 0.717) is 31.7 Å². The van der Waals surface area contributed by atoms with Crippen LogP contribution in [0.1, 0.15) is 42.1 Å². The van der Waals surface area contributed by atoms with Gasteiger partial charge in [0, 0.05) is 58.0 Å². The summed E-state index contributed by atoms with van der Waals surface area (Å²) in [4.78, 5) is 42.8. The van der Waals surface area contributed by atoms with Crippen molar-refractivity contribution < 1.29 is 14.4 Å². The summed E-state index contributed by atoms with van der Waals surface area (Å²) in [6.07, 6.45) is 6.76. The van der Waals surface area contributed by atoms with Gasteiger partial charge in [0.25, 0.3) is 5.91 Å². The van der Waals surface area contributed by atoms with E-state index in [-0.39, 0.29) is 23.8 Å². The zero-order valence-electron chi connectivity index (χ0n) is 18.0. The molecule has 2 fully saturated rings. The van der Waals surface area contributed by atoms with E-state index in [1.165, 1.54) is 6.42 Å². The molecule has 1 aromatic carbocycles. The van der Waals surface area contributed by atoms with Gasteiger partial charge in [0.1, 0.15) is 0 Å². The Morgan fingerprint density at radius 1 is 0.900 bits per heavy atom. The van der Waals surface area contributed by atoms with Crippen LogP contribution in [0.5, 0.6) is 0 Å². The molecule has 2 aliphatic rings. The van der Waals surface area contributed by atoms with Crippen LogP contribution in [-0.4, -0.2) is 84.8 Å². The fraction of sp³-hybridized carbons (Fsp3) is 0.522. The monoisotopic (exact) mass is 412 g/mol. The summed E-state index contributed by atoms with van der Waals surface area (Å²) < 4.78 is 0. The summed E-state index contributed by atoms with van der Waals surface area (Å²) in [5.41, 5.74) is 1.46. The molecule has 162 valence electrons. The first-order chi connectivity index (χ1) is 14.5. The molecule has 1 atom stereocenters. The lowest BCUT2D eigenvalue weighted by molar-refractivity contribution is -0.138. The molecule has 2 saturated heterocycles. The summed E-state index contributed by atoms with van der Waals surface area (Å²) in [7, 11) is 1.60. The first kappa shape index (κ1) is 22.0.